The van der Waals surface area contributed by atoms with Gasteiger partial charge in [0.2, 0.25) is 0 Å². The minimum absolute atomic E-state index is 0.425. The molecule has 0 bridgehead atoms. The third kappa shape index (κ3) is 11.1. The summed E-state index contributed by atoms with van der Waals surface area (Å²) in [5, 5.41) is 0. The maximum atomic E-state index is 5.66. The molecule has 0 radical (unpaired) electrons. The molecular weight excluding hydrogens is 456 g/mol. The van der Waals surface area contributed by atoms with Crippen molar-refractivity contribution >= 4 is 0 Å². The second-order valence-corrected chi connectivity index (χ2v) is 7.30. The Morgan fingerprint density at radius 1 is 0.429 bits per heavy atom. The van der Waals surface area contributed by atoms with Gasteiger partial charge in [0.1, 0.15) is 23.0 Å². The molecule has 0 saturated heterocycles. The molecule has 0 atom stereocenters. The molecule has 35 heavy (non-hydrogen) atoms. The van der Waals surface area contributed by atoms with Gasteiger partial charge in [-0.05, 0) is 36.4 Å². The first kappa shape index (κ1) is 28.7. The zero-order valence-corrected chi connectivity index (χ0v) is 21.2. The van der Waals surface area contributed by atoms with E-state index in [9.17, 15) is 0 Å². The molecule has 2 aromatic carbocycles. The minimum Gasteiger partial charge on any atom is -0.497 e. The minimum atomic E-state index is 0.425. The fourth-order valence-corrected chi connectivity index (χ4v) is 3.13. The highest BCUT2D eigenvalue weighted by Crippen LogP contribution is 2.25. The lowest BCUT2D eigenvalue weighted by molar-refractivity contribution is -0.0140. The molecule has 0 heterocycles. The van der Waals surface area contributed by atoms with Gasteiger partial charge in [-0.25, -0.2) is 0 Å². The normalized spacial score (nSPS) is 10.9. The summed E-state index contributed by atoms with van der Waals surface area (Å²) in [5.41, 5.74) is 1.86. The van der Waals surface area contributed by atoms with E-state index in [0.717, 1.165) is 34.1 Å². The van der Waals surface area contributed by atoms with Crippen molar-refractivity contribution in [3.63, 3.8) is 0 Å². The van der Waals surface area contributed by atoms with E-state index in [4.69, 9.17) is 42.6 Å². The second-order valence-electron chi connectivity index (χ2n) is 7.30. The molecule has 0 aliphatic carbocycles. The third-order valence-electron chi connectivity index (χ3n) is 4.98. The van der Waals surface area contributed by atoms with E-state index in [1.54, 1.807) is 28.4 Å². The zero-order valence-electron chi connectivity index (χ0n) is 21.2. The molecule has 0 unspecified atom stereocenters. The van der Waals surface area contributed by atoms with Gasteiger partial charge in [-0.3, -0.25) is 0 Å². The van der Waals surface area contributed by atoms with Crippen molar-refractivity contribution in [1.29, 1.82) is 0 Å². The number of ether oxygens (including phenoxy) is 9. The van der Waals surface area contributed by atoms with Crippen molar-refractivity contribution in [3.05, 3.63) is 47.5 Å². The summed E-state index contributed by atoms with van der Waals surface area (Å²) in [6, 6.07) is 11.2. The number of methoxy groups -OCH3 is 4. The Bertz CT molecular complexity index is 761. The molecule has 0 fully saturated rings. The lowest BCUT2D eigenvalue weighted by Gasteiger charge is -2.11. The van der Waals surface area contributed by atoms with Gasteiger partial charge in [0, 0.05) is 11.1 Å². The molecule has 0 aliphatic rings. The Morgan fingerprint density at radius 2 is 0.771 bits per heavy atom. The Kier molecular flexibility index (Phi) is 14.6. The summed E-state index contributed by atoms with van der Waals surface area (Å²) >= 11 is 0. The van der Waals surface area contributed by atoms with Crippen LogP contribution < -0.4 is 18.9 Å². The van der Waals surface area contributed by atoms with Crippen molar-refractivity contribution in [1.82, 2.24) is 0 Å². The van der Waals surface area contributed by atoms with Crippen LogP contribution in [0.1, 0.15) is 11.1 Å². The molecule has 196 valence electrons. The van der Waals surface area contributed by atoms with E-state index in [-0.39, 0.29) is 0 Å². The zero-order chi connectivity index (χ0) is 25.1. The Hall–Kier alpha value is -2.56. The van der Waals surface area contributed by atoms with Crippen LogP contribution in [0.5, 0.6) is 23.0 Å². The maximum absolute atomic E-state index is 5.66. The molecule has 2 rings (SSSR count). The lowest BCUT2D eigenvalue weighted by Crippen LogP contribution is -2.13. The first-order valence-corrected chi connectivity index (χ1v) is 11.5. The standard InChI is InChI=1S/C26H38O9/c1-27-23-5-7-25(29-3)21(17-23)19-34-15-13-32-11-9-31-10-12-33-14-16-35-20-22-18-24(28-2)6-8-26(22)30-4/h5-8,17-18H,9-16,19-20H2,1-4H3. The van der Waals surface area contributed by atoms with Crippen LogP contribution in [0.15, 0.2) is 36.4 Å². The summed E-state index contributed by atoms with van der Waals surface area (Å²) in [6.07, 6.45) is 0. The second kappa shape index (κ2) is 17.8. The summed E-state index contributed by atoms with van der Waals surface area (Å²) in [7, 11) is 6.53. The highest BCUT2D eigenvalue weighted by molar-refractivity contribution is 5.40. The van der Waals surface area contributed by atoms with Crippen LogP contribution in [0.25, 0.3) is 0 Å². The van der Waals surface area contributed by atoms with Crippen LogP contribution >= 0.6 is 0 Å². The molecule has 0 amide bonds. The first-order valence-electron chi connectivity index (χ1n) is 11.5. The van der Waals surface area contributed by atoms with Gasteiger partial charge in [0.25, 0.3) is 0 Å². The number of benzene rings is 2. The molecule has 9 heteroatoms. The van der Waals surface area contributed by atoms with Crippen LogP contribution in [-0.2, 0) is 36.9 Å². The van der Waals surface area contributed by atoms with E-state index < -0.39 is 0 Å². The van der Waals surface area contributed by atoms with Crippen LogP contribution in [0, 0.1) is 0 Å². The SMILES string of the molecule is COc1ccc(OC)c(COCCOCCOCCOCCOCc2cc(OC)ccc2OC)c1. The predicted octanol–water partition coefficient (Wildman–Crippen LogP) is 3.50. The Labute approximate surface area is 208 Å². The van der Waals surface area contributed by atoms with Crippen LogP contribution in [0.4, 0.5) is 0 Å². The van der Waals surface area contributed by atoms with E-state index in [1.807, 2.05) is 36.4 Å². The summed E-state index contributed by atoms with van der Waals surface area (Å²) < 4.78 is 49.0. The van der Waals surface area contributed by atoms with Gasteiger partial charge < -0.3 is 42.6 Å². The molecule has 0 spiro atoms. The van der Waals surface area contributed by atoms with Crippen LogP contribution in [0.3, 0.4) is 0 Å². The quantitative estimate of drug-likeness (QED) is 0.257. The van der Waals surface area contributed by atoms with Crippen LogP contribution in [0.2, 0.25) is 0 Å². The molecular formula is C26H38O9. The van der Waals surface area contributed by atoms with Gasteiger partial charge in [0.05, 0.1) is 94.5 Å². The highest BCUT2D eigenvalue weighted by atomic mass is 16.6. The van der Waals surface area contributed by atoms with E-state index in [0.29, 0.717) is 66.1 Å². The topological polar surface area (TPSA) is 83.1 Å². The van der Waals surface area contributed by atoms with Crippen molar-refractivity contribution in [2.75, 3.05) is 81.3 Å². The van der Waals surface area contributed by atoms with Gasteiger partial charge in [-0.2, -0.15) is 0 Å². The summed E-state index contributed by atoms with van der Waals surface area (Å²) in [6.45, 7) is 4.77. The molecule has 0 aliphatic heterocycles. The van der Waals surface area contributed by atoms with Gasteiger partial charge >= 0.3 is 0 Å². The average molecular weight is 495 g/mol. The Morgan fingerprint density at radius 3 is 1.09 bits per heavy atom. The van der Waals surface area contributed by atoms with Crippen molar-refractivity contribution < 1.29 is 42.6 Å². The molecule has 0 N–H and O–H groups in total. The Balaban J connectivity index is 1.41. The first-order chi connectivity index (χ1) is 17.2. The lowest BCUT2D eigenvalue weighted by atomic mass is 10.2. The smallest absolute Gasteiger partial charge is 0.124 e. The highest BCUT2D eigenvalue weighted by Gasteiger charge is 2.06. The predicted molar refractivity (Wildman–Crippen MR) is 131 cm³/mol. The van der Waals surface area contributed by atoms with Gasteiger partial charge in [-0.1, -0.05) is 0 Å². The fraction of sp³-hybridized carbons (Fsp3) is 0.538. The summed E-state index contributed by atoms with van der Waals surface area (Å²) in [4.78, 5) is 0. The molecule has 0 saturated carbocycles. The van der Waals surface area contributed by atoms with Gasteiger partial charge in [-0.15, -0.1) is 0 Å². The van der Waals surface area contributed by atoms with E-state index >= 15 is 0 Å². The third-order valence-corrected chi connectivity index (χ3v) is 4.98. The maximum Gasteiger partial charge on any atom is 0.124 e. The van der Waals surface area contributed by atoms with Crippen molar-refractivity contribution in [2.24, 2.45) is 0 Å². The van der Waals surface area contributed by atoms with E-state index in [1.165, 1.54) is 0 Å². The van der Waals surface area contributed by atoms with Crippen LogP contribution in [-0.4, -0.2) is 81.3 Å². The largest absolute Gasteiger partial charge is 0.497 e. The molecule has 9 nitrogen and oxygen atoms in total. The fourth-order valence-electron chi connectivity index (χ4n) is 3.13. The number of hydrogen-bond donors (Lipinski definition) is 0. The van der Waals surface area contributed by atoms with Gasteiger partial charge in [0.15, 0.2) is 0 Å². The van der Waals surface area contributed by atoms with E-state index in [2.05, 4.69) is 0 Å². The van der Waals surface area contributed by atoms with Crippen molar-refractivity contribution in [3.8, 4) is 23.0 Å². The summed E-state index contributed by atoms with van der Waals surface area (Å²) in [5.74, 6) is 3.07. The number of hydrogen-bond acceptors (Lipinski definition) is 9. The molecule has 2 aromatic rings. The van der Waals surface area contributed by atoms with Crippen molar-refractivity contribution in [2.45, 2.75) is 13.2 Å². The average Bonchev–Trinajstić information content (AvgIpc) is 2.90. The molecule has 0 aromatic heterocycles. The monoisotopic (exact) mass is 494 g/mol. The number of rotatable bonds is 20.